The number of rotatable bonds is 4. The fourth-order valence-electron chi connectivity index (χ4n) is 4.39. The van der Waals surface area contributed by atoms with Gasteiger partial charge in [-0.1, -0.05) is 12.1 Å². The van der Waals surface area contributed by atoms with Gasteiger partial charge in [0.2, 0.25) is 0 Å². The number of methoxy groups -OCH3 is 1. The van der Waals surface area contributed by atoms with Crippen molar-refractivity contribution < 1.29 is 24.1 Å². The number of nitrogens with zero attached hydrogens (tertiary/aromatic N) is 2. The van der Waals surface area contributed by atoms with E-state index >= 15 is 0 Å². The fraction of sp³-hybridized carbons (Fsp3) is 0.609. The zero-order chi connectivity index (χ0) is 19.8. The third kappa shape index (κ3) is 5.70. The van der Waals surface area contributed by atoms with Gasteiger partial charge < -0.3 is 10.5 Å². The van der Waals surface area contributed by atoms with Gasteiger partial charge >= 0.3 is 121 Å². The molecule has 0 atom stereocenters. The van der Waals surface area contributed by atoms with E-state index < -0.39 is 0 Å². The van der Waals surface area contributed by atoms with Gasteiger partial charge in [0.25, 0.3) is 0 Å². The number of benzene rings is 1. The molecule has 2 N–H and O–H groups in total. The molecule has 2 aliphatic rings. The van der Waals surface area contributed by atoms with Crippen molar-refractivity contribution in [3.8, 4) is 5.75 Å². The van der Waals surface area contributed by atoms with Crippen LogP contribution in [0.5, 0.6) is 5.75 Å². The summed E-state index contributed by atoms with van der Waals surface area (Å²) in [7, 11) is 1.65. The number of nitrogens with two attached hydrogens (primary N) is 1. The van der Waals surface area contributed by atoms with Crippen molar-refractivity contribution in [1.29, 1.82) is 0 Å². The second-order valence-corrected chi connectivity index (χ2v) is 9.01. The first kappa shape index (κ1) is 21.6. The second-order valence-electron chi connectivity index (χ2n) is 7.99. The summed E-state index contributed by atoms with van der Waals surface area (Å²) in [6.07, 6.45) is 18.8. The molecule has 2 saturated carbocycles. The SMILES string of the molecule is COc1ccc(CN)cc1.[Pt]=[c]1n(C2CCCCC2)ccn1C1CCCCC1. The predicted octanol–water partition coefficient (Wildman–Crippen LogP) is 5.53. The number of hydrogen-bond acceptors (Lipinski definition) is 2. The number of aromatic nitrogens is 2. The molecular formula is C23H35N3OPt. The van der Waals surface area contributed by atoms with Gasteiger partial charge in [0.15, 0.2) is 0 Å². The summed E-state index contributed by atoms with van der Waals surface area (Å²) in [5.41, 5.74) is 6.53. The van der Waals surface area contributed by atoms with E-state index in [1.807, 2.05) is 24.3 Å². The van der Waals surface area contributed by atoms with E-state index in [0.717, 1.165) is 23.4 Å². The number of imidazole rings is 1. The van der Waals surface area contributed by atoms with E-state index in [1.54, 1.807) is 7.11 Å². The zero-order valence-corrected chi connectivity index (χ0v) is 19.4. The molecule has 5 heteroatoms. The Bertz CT molecular complexity index is 691. The monoisotopic (exact) mass is 564 g/mol. The molecule has 0 amide bonds. The minimum atomic E-state index is 0.587. The molecule has 1 aromatic carbocycles. The van der Waals surface area contributed by atoms with E-state index in [4.69, 9.17) is 10.5 Å². The van der Waals surface area contributed by atoms with Crippen molar-refractivity contribution in [1.82, 2.24) is 9.13 Å². The van der Waals surface area contributed by atoms with Crippen molar-refractivity contribution in [3.63, 3.8) is 0 Å². The maximum atomic E-state index is 5.40. The Morgan fingerprint density at radius 3 is 1.71 bits per heavy atom. The average Bonchev–Trinajstić information content (AvgIpc) is 3.17. The Hall–Kier alpha value is -1.12. The molecule has 2 aliphatic carbocycles. The van der Waals surface area contributed by atoms with Gasteiger partial charge in [-0.3, -0.25) is 0 Å². The van der Waals surface area contributed by atoms with Crippen LogP contribution in [-0.4, -0.2) is 16.2 Å². The van der Waals surface area contributed by atoms with Crippen LogP contribution in [0.2, 0.25) is 0 Å². The first-order valence-electron chi connectivity index (χ1n) is 10.8. The Morgan fingerprint density at radius 2 is 1.32 bits per heavy atom. The van der Waals surface area contributed by atoms with Crippen molar-refractivity contribution in [2.24, 2.45) is 5.73 Å². The zero-order valence-electron chi connectivity index (χ0n) is 17.1. The van der Waals surface area contributed by atoms with Gasteiger partial charge in [-0.2, -0.15) is 0 Å². The molecule has 4 rings (SSSR count). The molecule has 0 unspecified atom stereocenters. The van der Waals surface area contributed by atoms with Crippen molar-refractivity contribution in [2.45, 2.75) is 82.8 Å². The summed E-state index contributed by atoms with van der Waals surface area (Å²) in [4.78, 5) is 0. The molecule has 158 valence electrons. The molecule has 1 aromatic heterocycles. The topological polar surface area (TPSA) is 45.1 Å². The van der Waals surface area contributed by atoms with Gasteiger partial charge in [0.05, 0.1) is 7.11 Å². The van der Waals surface area contributed by atoms with Gasteiger partial charge in [0.1, 0.15) is 5.75 Å². The van der Waals surface area contributed by atoms with E-state index in [0.29, 0.717) is 6.54 Å². The Morgan fingerprint density at radius 1 is 0.857 bits per heavy atom. The summed E-state index contributed by atoms with van der Waals surface area (Å²) in [6.45, 7) is 0.587. The van der Waals surface area contributed by atoms with E-state index in [1.165, 1.54) is 68.0 Å². The number of ether oxygens (including phenoxy) is 1. The summed E-state index contributed by atoms with van der Waals surface area (Å²) in [6, 6.07) is 9.27. The van der Waals surface area contributed by atoms with Gasteiger partial charge in [-0.05, 0) is 17.7 Å². The van der Waals surface area contributed by atoms with Crippen molar-refractivity contribution in [2.75, 3.05) is 7.11 Å². The van der Waals surface area contributed by atoms with Crippen LogP contribution in [0.1, 0.15) is 81.9 Å². The molecule has 0 saturated heterocycles. The van der Waals surface area contributed by atoms with Crippen LogP contribution >= 0.6 is 0 Å². The second kappa shape index (κ2) is 11.2. The first-order chi connectivity index (χ1) is 13.7. The molecule has 2 aromatic rings. The van der Waals surface area contributed by atoms with Crippen LogP contribution in [0.25, 0.3) is 0 Å². The summed E-state index contributed by atoms with van der Waals surface area (Å²) < 4.78 is 11.5. The minimum absolute atomic E-state index is 0.587. The van der Waals surface area contributed by atoms with Crippen LogP contribution < -0.4 is 10.5 Å². The molecule has 28 heavy (non-hydrogen) atoms. The van der Waals surface area contributed by atoms with Crippen molar-refractivity contribution >= 4 is 0 Å². The molecule has 2 fully saturated rings. The number of hydrogen-bond donors (Lipinski definition) is 1. The molecule has 0 radical (unpaired) electrons. The van der Waals surface area contributed by atoms with Crippen LogP contribution in [0.4, 0.5) is 0 Å². The van der Waals surface area contributed by atoms with Crippen LogP contribution in [0.15, 0.2) is 36.7 Å². The van der Waals surface area contributed by atoms with Crippen LogP contribution in [0, 0.1) is 3.80 Å². The molecule has 0 spiro atoms. The first-order valence-corrected chi connectivity index (χ1v) is 11.9. The molecule has 0 aliphatic heterocycles. The van der Waals surface area contributed by atoms with Gasteiger partial charge in [-0.25, -0.2) is 0 Å². The van der Waals surface area contributed by atoms with E-state index in [-0.39, 0.29) is 0 Å². The Kier molecular flexibility index (Phi) is 8.61. The van der Waals surface area contributed by atoms with Crippen LogP contribution in [-0.2, 0) is 25.9 Å². The molecule has 4 nitrogen and oxygen atoms in total. The Labute approximate surface area is 180 Å². The molecule has 0 bridgehead atoms. The van der Waals surface area contributed by atoms with E-state index in [9.17, 15) is 0 Å². The quantitative estimate of drug-likeness (QED) is 0.531. The third-order valence-corrected chi connectivity index (χ3v) is 7.29. The summed E-state index contributed by atoms with van der Waals surface area (Å²) >= 11 is 2.55. The van der Waals surface area contributed by atoms with E-state index in [2.05, 4.69) is 40.9 Å². The molecular weight excluding hydrogens is 529 g/mol. The summed E-state index contributed by atoms with van der Waals surface area (Å²) in [5.74, 6) is 0.872. The maximum absolute atomic E-state index is 5.40. The third-order valence-electron chi connectivity index (χ3n) is 6.11. The average molecular weight is 565 g/mol. The normalized spacial score (nSPS) is 18.4. The van der Waals surface area contributed by atoms with Gasteiger partial charge in [-0.15, -0.1) is 0 Å². The van der Waals surface area contributed by atoms with Crippen molar-refractivity contribution in [3.05, 3.63) is 46.0 Å². The summed E-state index contributed by atoms with van der Waals surface area (Å²) in [5, 5.41) is 0. The van der Waals surface area contributed by atoms with Crippen LogP contribution in [0.3, 0.4) is 0 Å². The standard InChI is InChI=1S/C15H24N2.C8H11NO.Pt/c1-3-7-14(8-4-1)16-11-12-17(13-16)15-9-5-2-6-10-15;1-10-8-4-2-7(6-9)3-5-8;/h11-12,14-15H,1-10H2;2-5H,6,9H2,1H3;. The van der Waals surface area contributed by atoms with Gasteiger partial charge in [0, 0.05) is 6.54 Å². The predicted molar refractivity (Wildman–Crippen MR) is 111 cm³/mol. The Balaban J connectivity index is 0.000000192. The fourth-order valence-corrected chi connectivity index (χ4v) is 5.56. The molecule has 1 heterocycles.